The number of hydrogen-bond acceptors (Lipinski definition) is 2. The van der Waals surface area contributed by atoms with E-state index in [2.05, 4.69) is 20.8 Å². The van der Waals surface area contributed by atoms with Gasteiger partial charge < -0.3 is 9.84 Å². The molecule has 2 bridgehead atoms. The quantitative estimate of drug-likeness (QED) is 0.675. The molecule has 2 heterocycles. The molecule has 0 spiro atoms. The van der Waals surface area contributed by atoms with Crippen LogP contribution in [-0.2, 0) is 4.74 Å². The van der Waals surface area contributed by atoms with Gasteiger partial charge in [-0.2, -0.15) is 0 Å². The van der Waals surface area contributed by atoms with Gasteiger partial charge in [0.25, 0.3) is 0 Å². The Bertz CT molecular complexity index is 226. The number of rotatable bonds is 1. The number of fused-ring (bicyclic) bond motifs is 2. The molecule has 0 aromatic rings. The van der Waals surface area contributed by atoms with E-state index in [-0.39, 0.29) is 17.3 Å². The first kappa shape index (κ1) is 9.47. The van der Waals surface area contributed by atoms with Gasteiger partial charge in [0.05, 0.1) is 17.3 Å². The Hall–Kier alpha value is -0.0800. The maximum atomic E-state index is 9.89. The molecule has 76 valence electrons. The fourth-order valence-electron chi connectivity index (χ4n) is 3.24. The van der Waals surface area contributed by atoms with Crippen LogP contribution >= 0.6 is 0 Å². The summed E-state index contributed by atoms with van der Waals surface area (Å²) < 4.78 is 6.08. The summed E-state index contributed by atoms with van der Waals surface area (Å²) in [5, 5.41) is 9.89. The van der Waals surface area contributed by atoms with E-state index < -0.39 is 0 Å². The summed E-state index contributed by atoms with van der Waals surface area (Å²) in [4.78, 5) is 0. The summed E-state index contributed by atoms with van der Waals surface area (Å²) in [5.41, 5.74) is -0.308. The second-order valence-electron chi connectivity index (χ2n) is 5.35. The molecular formula is C11H20O2. The number of aliphatic hydroxyl groups excluding tert-OH is 1. The zero-order valence-corrected chi connectivity index (χ0v) is 9.00. The largest absolute Gasteiger partial charge is 0.390 e. The first-order valence-electron chi connectivity index (χ1n) is 5.29. The molecule has 0 aromatic heterocycles. The Balaban J connectivity index is 2.32. The molecule has 2 aliphatic heterocycles. The molecule has 2 aliphatic rings. The fourth-order valence-corrected chi connectivity index (χ4v) is 3.24. The van der Waals surface area contributed by atoms with Crippen LogP contribution in [-0.4, -0.2) is 22.4 Å². The molecule has 0 radical (unpaired) electrons. The monoisotopic (exact) mass is 184 g/mol. The van der Waals surface area contributed by atoms with Crippen LogP contribution in [0.4, 0.5) is 0 Å². The van der Waals surface area contributed by atoms with Gasteiger partial charge in [0, 0.05) is 6.42 Å². The van der Waals surface area contributed by atoms with Gasteiger partial charge in [0.15, 0.2) is 0 Å². The van der Waals surface area contributed by atoms with Crippen molar-refractivity contribution in [1.82, 2.24) is 0 Å². The average Bonchev–Trinajstić information content (AvgIpc) is 2.37. The standard InChI is InChI=1S/C11H20O2/c1-7(2)11-6-9(12)10(4,13-11)5-8(11)3/h7-9,12H,5-6H2,1-4H3/t8-,9-,10+,11-/m1/s1. The summed E-state index contributed by atoms with van der Waals surface area (Å²) in [6.07, 6.45) is 1.57. The molecule has 2 heteroatoms. The molecule has 2 rings (SSSR count). The van der Waals surface area contributed by atoms with E-state index in [9.17, 15) is 5.11 Å². The number of aliphatic hydroxyl groups is 1. The highest BCUT2D eigenvalue weighted by Crippen LogP contribution is 2.56. The Morgan fingerprint density at radius 3 is 2.31 bits per heavy atom. The van der Waals surface area contributed by atoms with E-state index in [0.717, 1.165) is 12.8 Å². The van der Waals surface area contributed by atoms with E-state index in [1.165, 1.54) is 0 Å². The minimum Gasteiger partial charge on any atom is -0.390 e. The van der Waals surface area contributed by atoms with Crippen molar-refractivity contribution in [3.05, 3.63) is 0 Å². The van der Waals surface area contributed by atoms with Crippen LogP contribution in [0.25, 0.3) is 0 Å². The van der Waals surface area contributed by atoms with Crippen molar-refractivity contribution < 1.29 is 9.84 Å². The van der Waals surface area contributed by atoms with Crippen LogP contribution in [0.3, 0.4) is 0 Å². The second-order valence-corrected chi connectivity index (χ2v) is 5.35. The molecule has 2 saturated heterocycles. The van der Waals surface area contributed by atoms with Gasteiger partial charge in [0.2, 0.25) is 0 Å². The topological polar surface area (TPSA) is 29.5 Å². The van der Waals surface area contributed by atoms with Crippen molar-refractivity contribution >= 4 is 0 Å². The van der Waals surface area contributed by atoms with Crippen molar-refractivity contribution in [3.8, 4) is 0 Å². The molecule has 4 atom stereocenters. The third kappa shape index (κ3) is 1.02. The van der Waals surface area contributed by atoms with Crippen LogP contribution in [0.15, 0.2) is 0 Å². The summed E-state index contributed by atoms with van der Waals surface area (Å²) >= 11 is 0. The lowest BCUT2D eigenvalue weighted by atomic mass is 9.69. The average molecular weight is 184 g/mol. The molecule has 0 amide bonds. The highest BCUT2D eigenvalue weighted by atomic mass is 16.6. The van der Waals surface area contributed by atoms with Gasteiger partial charge in [-0.3, -0.25) is 0 Å². The van der Waals surface area contributed by atoms with Crippen molar-refractivity contribution in [1.29, 1.82) is 0 Å². The molecule has 0 unspecified atom stereocenters. The van der Waals surface area contributed by atoms with Crippen molar-refractivity contribution in [3.63, 3.8) is 0 Å². The van der Waals surface area contributed by atoms with Crippen molar-refractivity contribution in [2.24, 2.45) is 11.8 Å². The summed E-state index contributed by atoms with van der Waals surface area (Å²) in [5.74, 6) is 1.09. The zero-order chi connectivity index (χ0) is 9.85. The molecule has 0 aromatic carbocycles. The van der Waals surface area contributed by atoms with Crippen LogP contribution in [0, 0.1) is 11.8 Å². The van der Waals surface area contributed by atoms with Crippen molar-refractivity contribution in [2.45, 2.75) is 57.8 Å². The Morgan fingerprint density at radius 1 is 1.38 bits per heavy atom. The predicted octanol–water partition coefficient (Wildman–Crippen LogP) is 1.96. The van der Waals surface area contributed by atoms with Crippen LogP contribution in [0.1, 0.15) is 40.5 Å². The molecule has 2 fully saturated rings. The third-order valence-electron chi connectivity index (χ3n) is 4.16. The molecule has 1 N–H and O–H groups in total. The maximum Gasteiger partial charge on any atom is 0.0924 e. The van der Waals surface area contributed by atoms with Gasteiger partial charge in [0.1, 0.15) is 0 Å². The lowest BCUT2D eigenvalue weighted by Gasteiger charge is -2.35. The van der Waals surface area contributed by atoms with Gasteiger partial charge >= 0.3 is 0 Å². The number of ether oxygens (including phenoxy) is 1. The fraction of sp³-hybridized carbons (Fsp3) is 1.00. The van der Waals surface area contributed by atoms with Gasteiger partial charge in [-0.25, -0.2) is 0 Å². The summed E-state index contributed by atoms with van der Waals surface area (Å²) in [6, 6.07) is 0. The van der Waals surface area contributed by atoms with Crippen molar-refractivity contribution in [2.75, 3.05) is 0 Å². The molecule has 0 aliphatic carbocycles. The minimum absolute atomic E-state index is 0.0475. The highest BCUT2D eigenvalue weighted by Gasteiger charge is 2.63. The molecule has 2 nitrogen and oxygen atoms in total. The summed E-state index contributed by atoms with van der Waals surface area (Å²) in [6.45, 7) is 8.68. The minimum atomic E-state index is -0.260. The zero-order valence-electron chi connectivity index (χ0n) is 9.00. The van der Waals surface area contributed by atoms with E-state index in [0.29, 0.717) is 11.8 Å². The molecular weight excluding hydrogens is 164 g/mol. The Morgan fingerprint density at radius 2 is 2.00 bits per heavy atom. The Kier molecular flexibility index (Phi) is 1.81. The predicted molar refractivity (Wildman–Crippen MR) is 51.5 cm³/mol. The highest BCUT2D eigenvalue weighted by molar-refractivity contribution is 5.12. The first-order chi connectivity index (χ1) is 5.91. The van der Waals surface area contributed by atoms with E-state index in [4.69, 9.17) is 4.74 Å². The van der Waals surface area contributed by atoms with Gasteiger partial charge in [-0.15, -0.1) is 0 Å². The Labute approximate surface area is 80.3 Å². The lowest BCUT2D eigenvalue weighted by Crippen LogP contribution is -2.42. The smallest absolute Gasteiger partial charge is 0.0924 e. The number of hydrogen-bond donors (Lipinski definition) is 1. The van der Waals surface area contributed by atoms with Gasteiger partial charge in [-0.1, -0.05) is 20.8 Å². The third-order valence-corrected chi connectivity index (χ3v) is 4.16. The van der Waals surface area contributed by atoms with Gasteiger partial charge in [-0.05, 0) is 25.2 Å². The van der Waals surface area contributed by atoms with E-state index >= 15 is 0 Å². The second kappa shape index (κ2) is 2.48. The SMILES string of the molecule is CC(C)[C@]12C[C@@H](O)[C@](C)(C[C@H]1C)O2. The van der Waals surface area contributed by atoms with Crippen LogP contribution in [0.2, 0.25) is 0 Å². The van der Waals surface area contributed by atoms with Crippen LogP contribution in [0.5, 0.6) is 0 Å². The summed E-state index contributed by atoms with van der Waals surface area (Å²) in [7, 11) is 0. The lowest BCUT2D eigenvalue weighted by molar-refractivity contribution is -0.0870. The van der Waals surface area contributed by atoms with Crippen LogP contribution < -0.4 is 0 Å². The first-order valence-corrected chi connectivity index (χ1v) is 5.29. The van der Waals surface area contributed by atoms with E-state index in [1.54, 1.807) is 0 Å². The normalized spacial score (nSPS) is 54.9. The molecule has 13 heavy (non-hydrogen) atoms. The van der Waals surface area contributed by atoms with E-state index in [1.807, 2.05) is 6.92 Å². The maximum absolute atomic E-state index is 9.89. The molecule has 0 saturated carbocycles.